The van der Waals surface area contributed by atoms with Gasteiger partial charge < -0.3 is 15.5 Å². The van der Waals surface area contributed by atoms with Gasteiger partial charge in [0.25, 0.3) is 0 Å². The first kappa shape index (κ1) is 11.0. The molecule has 1 heterocycles. The molecule has 1 fully saturated rings. The molecule has 2 atom stereocenters. The average Bonchev–Trinajstić information content (AvgIpc) is 2.10. The minimum Gasteiger partial charge on any atom is -0.329 e. The first-order chi connectivity index (χ1) is 6.15. The number of piperidine rings is 1. The highest BCUT2D eigenvalue weighted by Crippen LogP contribution is 2.18. The number of nitrogens with zero attached hydrogens (tertiary/aromatic N) is 2. The summed E-state index contributed by atoms with van der Waals surface area (Å²) in [6, 6.07) is 1.47. The lowest BCUT2D eigenvalue weighted by atomic mass is 9.98. The maximum Gasteiger partial charge on any atom is 0.0120 e. The normalized spacial score (nSPS) is 31.2. The predicted molar refractivity (Wildman–Crippen MR) is 56.8 cm³/mol. The minimum atomic E-state index is 0.721. The molecule has 3 heteroatoms. The Morgan fingerprint density at radius 1 is 1.54 bits per heavy atom. The Bertz CT molecular complexity index is 149. The van der Waals surface area contributed by atoms with E-state index in [2.05, 4.69) is 30.8 Å². The van der Waals surface area contributed by atoms with Gasteiger partial charge in [-0.3, -0.25) is 0 Å². The van der Waals surface area contributed by atoms with Gasteiger partial charge in [0.2, 0.25) is 0 Å². The van der Waals surface area contributed by atoms with Gasteiger partial charge in [-0.15, -0.1) is 0 Å². The first-order valence-corrected chi connectivity index (χ1v) is 5.25. The molecule has 0 aromatic carbocycles. The van der Waals surface area contributed by atoms with Crippen LogP contribution in [0.15, 0.2) is 0 Å². The van der Waals surface area contributed by atoms with Gasteiger partial charge in [-0.2, -0.15) is 0 Å². The van der Waals surface area contributed by atoms with E-state index in [1.165, 1.54) is 19.4 Å². The summed E-state index contributed by atoms with van der Waals surface area (Å²) in [6.45, 7) is 5.33. The fourth-order valence-electron chi connectivity index (χ4n) is 2.05. The van der Waals surface area contributed by atoms with Crippen molar-refractivity contribution >= 4 is 0 Å². The number of rotatable bonds is 3. The summed E-state index contributed by atoms with van der Waals surface area (Å²) in [7, 11) is 4.40. The zero-order valence-electron chi connectivity index (χ0n) is 9.16. The van der Waals surface area contributed by atoms with Crippen LogP contribution >= 0.6 is 0 Å². The summed E-state index contributed by atoms with van der Waals surface area (Å²) >= 11 is 0. The fraction of sp³-hybridized carbons (Fsp3) is 1.00. The van der Waals surface area contributed by atoms with Crippen molar-refractivity contribution < 1.29 is 0 Å². The highest BCUT2D eigenvalue weighted by atomic mass is 15.2. The lowest BCUT2D eigenvalue weighted by molar-refractivity contribution is 0.107. The van der Waals surface area contributed by atoms with Crippen molar-refractivity contribution in [3.05, 3.63) is 0 Å². The smallest absolute Gasteiger partial charge is 0.0120 e. The van der Waals surface area contributed by atoms with Crippen LogP contribution in [0.5, 0.6) is 0 Å². The van der Waals surface area contributed by atoms with Crippen LogP contribution in [0.2, 0.25) is 0 Å². The molecule has 0 saturated carbocycles. The van der Waals surface area contributed by atoms with E-state index in [9.17, 15) is 0 Å². The second kappa shape index (κ2) is 4.94. The minimum absolute atomic E-state index is 0.721. The second-order valence-corrected chi connectivity index (χ2v) is 4.28. The van der Waals surface area contributed by atoms with Crippen LogP contribution in [-0.4, -0.2) is 55.6 Å². The van der Waals surface area contributed by atoms with E-state index in [-0.39, 0.29) is 0 Å². The molecule has 1 aliphatic heterocycles. The maximum atomic E-state index is 5.55. The van der Waals surface area contributed by atoms with E-state index in [0.29, 0.717) is 0 Å². The van der Waals surface area contributed by atoms with Crippen molar-refractivity contribution in [1.29, 1.82) is 0 Å². The van der Waals surface area contributed by atoms with Crippen molar-refractivity contribution in [3.8, 4) is 0 Å². The SMILES string of the molecule is CC1CC(N(C)CCN)CCN1C. The lowest BCUT2D eigenvalue weighted by Crippen LogP contribution is -2.47. The summed E-state index contributed by atoms with van der Waals surface area (Å²) in [6.07, 6.45) is 2.57. The predicted octanol–water partition coefficient (Wildman–Crippen LogP) is 0.360. The van der Waals surface area contributed by atoms with Crippen molar-refractivity contribution in [1.82, 2.24) is 9.80 Å². The average molecular weight is 185 g/mol. The largest absolute Gasteiger partial charge is 0.329 e. The molecule has 0 radical (unpaired) electrons. The molecule has 0 amide bonds. The van der Waals surface area contributed by atoms with E-state index < -0.39 is 0 Å². The number of likely N-dealkylation sites (N-methyl/N-ethyl adjacent to an activating group) is 1. The fourth-order valence-corrected chi connectivity index (χ4v) is 2.05. The van der Waals surface area contributed by atoms with E-state index in [1.54, 1.807) is 0 Å². The monoisotopic (exact) mass is 185 g/mol. The Kier molecular flexibility index (Phi) is 4.16. The summed E-state index contributed by atoms with van der Waals surface area (Å²) in [5.41, 5.74) is 5.55. The van der Waals surface area contributed by atoms with Gasteiger partial charge in [0.1, 0.15) is 0 Å². The number of hydrogen-bond donors (Lipinski definition) is 1. The van der Waals surface area contributed by atoms with Gasteiger partial charge in [0.05, 0.1) is 0 Å². The van der Waals surface area contributed by atoms with Gasteiger partial charge in [-0.25, -0.2) is 0 Å². The van der Waals surface area contributed by atoms with Crippen molar-refractivity contribution in [2.24, 2.45) is 5.73 Å². The molecule has 2 unspecified atom stereocenters. The quantitative estimate of drug-likeness (QED) is 0.689. The van der Waals surface area contributed by atoms with Gasteiger partial charge in [0, 0.05) is 25.2 Å². The zero-order chi connectivity index (χ0) is 9.84. The third kappa shape index (κ3) is 2.93. The van der Waals surface area contributed by atoms with E-state index in [1.807, 2.05) is 0 Å². The summed E-state index contributed by atoms with van der Waals surface area (Å²) < 4.78 is 0. The van der Waals surface area contributed by atoms with Gasteiger partial charge >= 0.3 is 0 Å². The molecule has 0 aromatic rings. The summed E-state index contributed by atoms with van der Waals surface area (Å²) in [5.74, 6) is 0. The van der Waals surface area contributed by atoms with Crippen LogP contribution in [0.25, 0.3) is 0 Å². The molecular formula is C10H23N3. The Hall–Kier alpha value is -0.120. The van der Waals surface area contributed by atoms with Crippen LogP contribution < -0.4 is 5.73 Å². The summed E-state index contributed by atoms with van der Waals surface area (Å²) in [5, 5.41) is 0. The van der Waals surface area contributed by atoms with Crippen molar-refractivity contribution in [3.63, 3.8) is 0 Å². The molecule has 1 rings (SSSR count). The van der Waals surface area contributed by atoms with Gasteiger partial charge in [0.15, 0.2) is 0 Å². The Balaban J connectivity index is 2.36. The molecule has 2 N–H and O–H groups in total. The lowest BCUT2D eigenvalue weighted by Gasteiger charge is -2.39. The third-order valence-electron chi connectivity index (χ3n) is 3.29. The van der Waals surface area contributed by atoms with E-state index >= 15 is 0 Å². The standard InChI is InChI=1S/C10H23N3/c1-9-8-10(4-6-12(9)2)13(3)7-5-11/h9-10H,4-8,11H2,1-3H3. The van der Waals surface area contributed by atoms with Crippen LogP contribution in [0.3, 0.4) is 0 Å². The molecule has 0 aromatic heterocycles. The maximum absolute atomic E-state index is 5.55. The van der Waals surface area contributed by atoms with Crippen molar-refractivity contribution in [2.75, 3.05) is 33.7 Å². The highest BCUT2D eigenvalue weighted by molar-refractivity contribution is 4.81. The topological polar surface area (TPSA) is 32.5 Å². The molecule has 0 bridgehead atoms. The van der Waals surface area contributed by atoms with E-state index in [4.69, 9.17) is 5.73 Å². The van der Waals surface area contributed by atoms with Gasteiger partial charge in [-0.1, -0.05) is 0 Å². The zero-order valence-corrected chi connectivity index (χ0v) is 9.16. The number of hydrogen-bond acceptors (Lipinski definition) is 3. The number of likely N-dealkylation sites (tertiary alicyclic amines) is 1. The molecule has 78 valence electrons. The molecule has 13 heavy (non-hydrogen) atoms. The molecule has 0 spiro atoms. The molecule has 3 nitrogen and oxygen atoms in total. The molecule has 1 aliphatic rings. The molecular weight excluding hydrogens is 162 g/mol. The van der Waals surface area contributed by atoms with Crippen molar-refractivity contribution in [2.45, 2.75) is 31.8 Å². The second-order valence-electron chi connectivity index (χ2n) is 4.28. The van der Waals surface area contributed by atoms with Gasteiger partial charge in [-0.05, 0) is 40.4 Å². The number of nitrogens with two attached hydrogens (primary N) is 1. The Morgan fingerprint density at radius 3 is 2.77 bits per heavy atom. The molecule has 0 aliphatic carbocycles. The summed E-state index contributed by atoms with van der Waals surface area (Å²) in [4.78, 5) is 4.84. The first-order valence-electron chi connectivity index (χ1n) is 5.25. The molecule has 1 saturated heterocycles. The Morgan fingerprint density at radius 2 is 2.23 bits per heavy atom. The Labute approximate surface area is 81.9 Å². The highest BCUT2D eigenvalue weighted by Gasteiger charge is 2.24. The third-order valence-corrected chi connectivity index (χ3v) is 3.29. The van der Waals surface area contributed by atoms with Crippen LogP contribution in [0.1, 0.15) is 19.8 Å². The van der Waals surface area contributed by atoms with Crippen LogP contribution in [-0.2, 0) is 0 Å². The van der Waals surface area contributed by atoms with Crippen LogP contribution in [0, 0.1) is 0 Å². The van der Waals surface area contributed by atoms with E-state index in [0.717, 1.165) is 25.2 Å². The van der Waals surface area contributed by atoms with Crippen LogP contribution in [0.4, 0.5) is 0 Å².